The summed E-state index contributed by atoms with van der Waals surface area (Å²) < 4.78 is 5.93. The smallest absolute Gasteiger partial charge is 0.109 e. The molecule has 0 amide bonds. The molecule has 2 heterocycles. The van der Waals surface area contributed by atoms with Gasteiger partial charge in [-0.3, -0.25) is 4.90 Å². The molecule has 3 rings (SSSR count). The molecule has 25 heavy (non-hydrogen) atoms. The van der Waals surface area contributed by atoms with Crippen molar-refractivity contribution in [3.05, 3.63) is 34.9 Å². The summed E-state index contributed by atoms with van der Waals surface area (Å²) in [5.74, 6) is 0. The Bertz CT molecular complexity index is 554. The molecular weight excluding hydrogens is 342 g/mol. The summed E-state index contributed by atoms with van der Waals surface area (Å²) in [6.07, 6.45) is -1.32. The van der Waals surface area contributed by atoms with Crippen molar-refractivity contribution in [2.75, 3.05) is 46.4 Å². The van der Waals surface area contributed by atoms with Crippen LogP contribution in [0.15, 0.2) is 24.3 Å². The van der Waals surface area contributed by atoms with E-state index in [0.29, 0.717) is 13.1 Å². The van der Waals surface area contributed by atoms with Gasteiger partial charge in [-0.1, -0.05) is 23.7 Å². The highest BCUT2D eigenvalue weighted by atomic mass is 35.5. The van der Waals surface area contributed by atoms with Crippen molar-refractivity contribution < 1.29 is 14.9 Å². The van der Waals surface area contributed by atoms with E-state index in [9.17, 15) is 10.2 Å². The van der Waals surface area contributed by atoms with Gasteiger partial charge in [-0.05, 0) is 24.7 Å². The molecule has 6 nitrogen and oxygen atoms in total. The molecule has 0 aromatic heterocycles. The van der Waals surface area contributed by atoms with Gasteiger partial charge in [0.25, 0.3) is 0 Å². The van der Waals surface area contributed by atoms with E-state index in [1.807, 2.05) is 24.3 Å². The molecule has 0 radical (unpaired) electrons. The molecule has 3 N–H and O–H groups in total. The van der Waals surface area contributed by atoms with Crippen LogP contribution >= 0.6 is 11.6 Å². The van der Waals surface area contributed by atoms with Crippen molar-refractivity contribution in [2.45, 2.75) is 30.9 Å². The van der Waals surface area contributed by atoms with Crippen molar-refractivity contribution in [1.29, 1.82) is 0 Å². The van der Waals surface area contributed by atoms with E-state index in [1.54, 1.807) is 0 Å². The number of likely N-dealkylation sites (N-methyl/N-ethyl adjacent to an activating group) is 1. The Kier molecular flexibility index (Phi) is 6.68. The van der Waals surface area contributed by atoms with Crippen molar-refractivity contribution in [3.63, 3.8) is 0 Å². The number of aliphatic hydroxyl groups excluding tert-OH is 2. The molecule has 0 saturated carbocycles. The Morgan fingerprint density at radius 1 is 1.24 bits per heavy atom. The van der Waals surface area contributed by atoms with Gasteiger partial charge in [0.1, 0.15) is 12.2 Å². The maximum absolute atomic E-state index is 10.6. The van der Waals surface area contributed by atoms with Crippen LogP contribution in [-0.4, -0.2) is 90.7 Å². The highest BCUT2D eigenvalue weighted by Gasteiger charge is 2.46. The second kappa shape index (κ2) is 8.77. The summed E-state index contributed by atoms with van der Waals surface area (Å²) >= 11 is 6.02. The number of hydrogen-bond acceptors (Lipinski definition) is 6. The lowest BCUT2D eigenvalue weighted by Crippen LogP contribution is -2.56. The monoisotopic (exact) mass is 369 g/mol. The van der Waals surface area contributed by atoms with Crippen LogP contribution in [0.25, 0.3) is 0 Å². The van der Waals surface area contributed by atoms with Crippen LogP contribution in [0.4, 0.5) is 0 Å². The zero-order chi connectivity index (χ0) is 17.8. The number of aliphatic hydroxyl groups is 2. The van der Waals surface area contributed by atoms with Gasteiger partial charge in [0.15, 0.2) is 0 Å². The number of ether oxygens (including phenoxy) is 1. The lowest BCUT2D eigenvalue weighted by Gasteiger charge is -2.39. The first-order valence-corrected chi connectivity index (χ1v) is 9.28. The molecule has 2 aliphatic rings. The van der Waals surface area contributed by atoms with Gasteiger partial charge in [-0.2, -0.15) is 0 Å². The zero-order valence-electron chi connectivity index (χ0n) is 14.6. The Morgan fingerprint density at radius 3 is 2.68 bits per heavy atom. The number of nitrogens with one attached hydrogen (secondary N) is 1. The first-order chi connectivity index (χ1) is 12.1. The second-order valence-corrected chi connectivity index (χ2v) is 7.41. The van der Waals surface area contributed by atoms with Gasteiger partial charge < -0.3 is 25.2 Å². The van der Waals surface area contributed by atoms with Gasteiger partial charge >= 0.3 is 0 Å². The van der Waals surface area contributed by atoms with E-state index in [0.717, 1.165) is 36.8 Å². The SMILES string of the molecule is CN1CCN(C2C(CNCc3cccc(Cl)c3)OC(CO)C2O)CC1. The molecule has 140 valence electrons. The van der Waals surface area contributed by atoms with Crippen molar-refractivity contribution in [2.24, 2.45) is 0 Å². The lowest BCUT2D eigenvalue weighted by molar-refractivity contribution is -0.0213. The minimum absolute atomic E-state index is 0.0855. The predicted octanol–water partition coefficient (Wildman–Crippen LogP) is 0.166. The number of nitrogens with zero attached hydrogens (tertiary/aromatic N) is 2. The third-order valence-corrected chi connectivity index (χ3v) is 5.40. The number of halogens is 1. The number of hydrogen-bond donors (Lipinski definition) is 3. The summed E-state index contributed by atoms with van der Waals surface area (Å²) in [5.41, 5.74) is 1.11. The summed E-state index contributed by atoms with van der Waals surface area (Å²) in [7, 11) is 2.11. The van der Waals surface area contributed by atoms with Crippen molar-refractivity contribution >= 4 is 11.6 Å². The Hall–Kier alpha value is -0.730. The Labute approximate surface area is 154 Å². The summed E-state index contributed by atoms with van der Waals surface area (Å²) in [6, 6.07) is 7.67. The second-order valence-electron chi connectivity index (χ2n) is 6.98. The van der Waals surface area contributed by atoms with E-state index >= 15 is 0 Å². The fourth-order valence-corrected chi connectivity index (χ4v) is 3.94. The summed E-state index contributed by atoms with van der Waals surface area (Å²) in [6.45, 7) is 4.93. The molecule has 0 aliphatic carbocycles. The fourth-order valence-electron chi connectivity index (χ4n) is 3.72. The standard InChI is InChI=1S/C18H28ClN3O3/c1-21-5-7-22(8-6-21)17-15(25-16(12-23)18(17)24)11-20-10-13-3-2-4-14(19)9-13/h2-4,9,15-18,20,23-24H,5-8,10-12H2,1H3. The first-order valence-electron chi connectivity index (χ1n) is 8.90. The Balaban J connectivity index is 1.59. The van der Waals surface area contributed by atoms with Crippen LogP contribution in [0.2, 0.25) is 5.02 Å². The topological polar surface area (TPSA) is 68.2 Å². The molecule has 1 aromatic carbocycles. The number of rotatable bonds is 6. The molecule has 4 atom stereocenters. The average Bonchev–Trinajstić information content (AvgIpc) is 2.92. The van der Waals surface area contributed by atoms with Gasteiger partial charge in [0, 0.05) is 44.3 Å². The molecule has 0 spiro atoms. The quantitative estimate of drug-likeness (QED) is 0.664. The molecule has 1 aromatic rings. The summed E-state index contributed by atoms with van der Waals surface area (Å²) in [4.78, 5) is 4.58. The first kappa shape index (κ1) is 19.0. The normalized spacial score (nSPS) is 31.5. The highest BCUT2D eigenvalue weighted by molar-refractivity contribution is 6.30. The fraction of sp³-hybridized carbons (Fsp3) is 0.667. The maximum Gasteiger partial charge on any atom is 0.109 e. The highest BCUT2D eigenvalue weighted by Crippen LogP contribution is 2.26. The molecule has 2 fully saturated rings. The average molecular weight is 370 g/mol. The van der Waals surface area contributed by atoms with Gasteiger partial charge in [0.05, 0.1) is 18.8 Å². The minimum atomic E-state index is -0.661. The van der Waals surface area contributed by atoms with E-state index < -0.39 is 12.2 Å². The van der Waals surface area contributed by atoms with Crippen LogP contribution in [0.3, 0.4) is 0 Å². The van der Waals surface area contributed by atoms with Crippen LogP contribution in [0.5, 0.6) is 0 Å². The van der Waals surface area contributed by atoms with Crippen LogP contribution < -0.4 is 5.32 Å². The third kappa shape index (κ3) is 4.71. The largest absolute Gasteiger partial charge is 0.394 e. The molecule has 4 unspecified atom stereocenters. The zero-order valence-corrected chi connectivity index (χ0v) is 15.4. The van der Waals surface area contributed by atoms with Crippen LogP contribution in [0.1, 0.15) is 5.56 Å². The molecule has 0 bridgehead atoms. The van der Waals surface area contributed by atoms with Gasteiger partial charge in [0.2, 0.25) is 0 Å². The van der Waals surface area contributed by atoms with Crippen LogP contribution in [0, 0.1) is 0 Å². The molecular formula is C18H28ClN3O3. The molecule has 2 saturated heterocycles. The maximum atomic E-state index is 10.6. The van der Waals surface area contributed by atoms with E-state index in [2.05, 4.69) is 22.2 Å². The minimum Gasteiger partial charge on any atom is -0.394 e. The predicted molar refractivity (Wildman–Crippen MR) is 97.8 cm³/mol. The van der Waals surface area contributed by atoms with E-state index in [-0.39, 0.29) is 18.8 Å². The van der Waals surface area contributed by atoms with Gasteiger partial charge in [-0.25, -0.2) is 0 Å². The lowest BCUT2D eigenvalue weighted by atomic mass is 10.0. The van der Waals surface area contributed by atoms with Gasteiger partial charge in [-0.15, -0.1) is 0 Å². The molecule has 2 aliphatic heterocycles. The Morgan fingerprint density at radius 2 is 2.00 bits per heavy atom. The van der Waals surface area contributed by atoms with E-state index in [4.69, 9.17) is 16.3 Å². The summed E-state index contributed by atoms with van der Waals surface area (Å²) in [5, 5.41) is 24.2. The number of piperazine rings is 1. The van der Waals surface area contributed by atoms with Crippen LogP contribution in [-0.2, 0) is 11.3 Å². The van der Waals surface area contributed by atoms with Crippen molar-refractivity contribution in [1.82, 2.24) is 15.1 Å². The number of benzene rings is 1. The third-order valence-electron chi connectivity index (χ3n) is 5.16. The van der Waals surface area contributed by atoms with E-state index in [1.165, 1.54) is 0 Å². The van der Waals surface area contributed by atoms with Crippen molar-refractivity contribution in [3.8, 4) is 0 Å². The molecule has 7 heteroatoms.